The molecule has 1 aliphatic rings. The lowest BCUT2D eigenvalue weighted by Gasteiger charge is -2.32. The lowest BCUT2D eigenvalue weighted by Crippen LogP contribution is -2.35. The monoisotopic (exact) mass is 190 g/mol. The van der Waals surface area contributed by atoms with Gasteiger partial charge in [-0.15, -0.1) is 0 Å². The predicted octanol–water partition coefficient (Wildman–Crippen LogP) is 1.23. The Kier molecular flexibility index (Phi) is 3.88. The van der Waals surface area contributed by atoms with Crippen molar-refractivity contribution in [2.24, 2.45) is 5.92 Å². The number of ether oxygens (including phenoxy) is 1. The summed E-state index contributed by atoms with van der Waals surface area (Å²) in [6.07, 6.45) is 1.89. The first-order valence-corrected chi connectivity index (χ1v) is 5.14. The molecule has 0 aromatic rings. The highest BCUT2D eigenvalue weighted by atomic mass is 32.2. The van der Waals surface area contributed by atoms with Gasteiger partial charge in [-0.25, -0.2) is 0 Å². The Bertz CT molecular complexity index is 160. The van der Waals surface area contributed by atoms with Crippen molar-refractivity contribution in [1.29, 1.82) is 0 Å². The van der Waals surface area contributed by atoms with Crippen molar-refractivity contribution in [3.05, 3.63) is 0 Å². The van der Waals surface area contributed by atoms with E-state index in [4.69, 9.17) is 9.84 Å². The molecule has 1 rings (SSSR count). The first kappa shape index (κ1) is 9.86. The number of carboxylic acid groups (broad SMARTS) is 1. The minimum absolute atomic E-state index is 0.105. The van der Waals surface area contributed by atoms with Crippen molar-refractivity contribution in [2.75, 3.05) is 19.5 Å². The van der Waals surface area contributed by atoms with Crippen molar-refractivity contribution in [1.82, 2.24) is 0 Å². The maximum absolute atomic E-state index is 10.6. The zero-order valence-electron chi connectivity index (χ0n) is 7.16. The van der Waals surface area contributed by atoms with Crippen LogP contribution in [0, 0.1) is 5.92 Å². The number of rotatable bonds is 5. The molecular weight excluding hydrogens is 176 g/mol. The van der Waals surface area contributed by atoms with Gasteiger partial charge in [-0.2, -0.15) is 11.8 Å². The van der Waals surface area contributed by atoms with Crippen molar-refractivity contribution in [2.45, 2.75) is 18.1 Å². The van der Waals surface area contributed by atoms with E-state index < -0.39 is 5.97 Å². The third kappa shape index (κ3) is 2.38. The second-order valence-electron chi connectivity index (χ2n) is 2.92. The summed E-state index contributed by atoms with van der Waals surface area (Å²) in [5.74, 6) is 0.160. The molecule has 0 spiro atoms. The van der Waals surface area contributed by atoms with Gasteiger partial charge in [0.25, 0.3) is 0 Å². The highest BCUT2D eigenvalue weighted by Crippen LogP contribution is 2.37. The largest absolute Gasteiger partial charge is 0.481 e. The molecule has 2 unspecified atom stereocenters. The molecule has 2 atom stereocenters. The second-order valence-corrected chi connectivity index (χ2v) is 4.27. The molecule has 0 radical (unpaired) electrons. The Morgan fingerprint density at radius 2 is 2.42 bits per heavy atom. The van der Waals surface area contributed by atoms with E-state index in [1.54, 1.807) is 18.9 Å². The fourth-order valence-electron chi connectivity index (χ4n) is 1.23. The molecule has 0 aromatic carbocycles. The molecule has 0 aliphatic heterocycles. The lowest BCUT2D eigenvalue weighted by atomic mass is 9.85. The van der Waals surface area contributed by atoms with Gasteiger partial charge >= 0.3 is 5.97 Å². The van der Waals surface area contributed by atoms with Crippen LogP contribution >= 0.6 is 11.8 Å². The number of hydrogen-bond donors (Lipinski definition) is 1. The number of aliphatic carboxylic acids is 1. The first-order chi connectivity index (χ1) is 5.75. The Hall–Kier alpha value is -0.220. The number of methoxy groups -OCH3 is 1. The molecule has 70 valence electrons. The zero-order chi connectivity index (χ0) is 8.97. The molecule has 3 nitrogen and oxygen atoms in total. The quantitative estimate of drug-likeness (QED) is 0.662. The van der Waals surface area contributed by atoms with Gasteiger partial charge in [0, 0.05) is 18.1 Å². The minimum Gasteiger partial charge on any atom is -0.481 e. The molecular formula is C8H14O3S. The summed E-state index contributed by atoms with van der Waals surface area (Å²) >= 11 is 1.72. The number of thioether (sulfide) groups is 1. The molecule has 0 amide bonds. The van der Waals surface area contributed by atoms with Crippen molar-refractivity contribution >= 4 is 17.7 Å². The van der Waals surface area contributed by atoms with Gasteiger partial charge in [0.05, 0.1) is 12.5 Å². The molecule has 1 N–H and O–H groups in total. The van der Waals surface area contributed by atoms with E-state index in [1.807, 2.05) is 0 Å². The van der Waals surface area contributed by atoms with Crippen LogP contribution in [-0.2, 0) is 9.53 Å². The van der Waals surface area contributed by atoms with E-state index in [9.17, 15) is 4.79 Å². The highest BCUT2D eigenvalue weighted by Gasteiger charge is 2.36. The third-order valence-corrected chi connectivity index (χ3v) is 3.54. The Labute approximate surface area is 76.5 Å². The maximum atomic E-state index is 10.6. The van der Waals surface area contributed by atoms with Crippen LogP contribution in [0.15, 0.2) is 0 Å². The fraction of sp³-hybridized carbons (Fsp3) is 0.875. The molecule has 1 aliphatic carbocycles. The van der Waals surface area contributed by atoms with E-state index in [2.05, 4.69) is 0 Å². The standard InChI is InChI=1S/C8H14O3S/c1-11-4-5-12-7-3-2-6(7)8(9)10/h6-7H,2-5H2,1H3,(H,9,10). The average molecular weight is 190 g/mol. The van der Waals surface area contributed by atoms with Gasteiger partial charge in [-0.3, -0.25) is 4.79 Å². The molecule has 1 fully saturated rings. The highest BCUT2D eigenvalue weighted by molar-refractivity contribution is 8.00. The van der Waals surface area contributed by atoms with Crippen molar-refractivity contribution < 1.29 is 14.6 Å². The Balaban J connectivity index is 2.12. The van der Waals surface area contributed by atoms with Crippen LogP contribution in [-0.4, -0.2) is 35.8 Å². The Morgan fingerprint density at radius 1 is 1.67 bits per heavy atom. The van der Waals surface area contributed by atoms with Crippen molar-refractivity contribution in [3.63, 3.8) is 0 Å². The number of carboxylic acids is 1. The minimum atomic E-state index is -0.642. The van der Waals surface area contributed by atoms with Crippen molar-refractivity contribution in [3.8, 4) is 0 Å². The predicted molar refractivity (Wildman–Crippen MR) is 48.5 cm³/mol. The molecule has 0 saturated heterocycles. The van der Waals surface area contributed by atoms with Gasteiger partial charge in [-0.05, 0) is 12.8 Å². The average Bonchev–Trinajstić information content (AvgIpc) is 1.94. The first-order valence-electron chi connectivity index (χ1n) is 4.09. The van der Waals surface area contributed by atoms with Gasteiger partial charge in [-0.1, -0.05) is 0 Å². The van der Waals surface area contributed by atoms with Gasteiger partial charge in [0.2, 0.25) is 0 Å². The SMILES string of the molecule is COCCSC1CCC1C(=O)O. The van der Waals surface area contributed by atoms with Crippen LogP contribution in [0.4, 0.5) is 0 Å². The molecule has 0 heterocycles. The Morgan fingerprint density at radius 3 is 2.83 bits per heavy atom. The smallest absolute Gasteiger partial charge is 0.307 e. The topological polar surface area (TPSA) is 46.5 Å². The summed E-state index contributed by atoms with van der Waals surface area (Å²) < 4.78 is 4.89. The van der Waals surface area contributed by atoms with Gasteiger partial charge in [0.1, 0.15) is 0 Å². The number of hydrogen-bond acceptors (Lipinski definition) is 3. The number of carbonyl (C=O) groups is 1. The molecule has 12 heavy (non-hydrogen) atoms. The van der Waals surface area contributed by atoms with Crippen LogP contribution in [0.1, 0.15) is 12.8 Å². The molecule has 4 heteroatoms. The summed E-state index contributed by atoms with van der Waals surface area (Å²) in [6.45, 7) is 0.716. The summed E-state index contributed by atoms with van der Waals surface area (Å²) in [4.78, 5) is 10.6. The second kappa shape index (κ2) is 4.72. The van der Waals surface area contributed by atoms with E-state index in [0.29, 0.717) is 11.9 Å². The third-order valence-electron chi connectivity index (χ3n) is 2.15. The van der Waals surface area contributed by atoms with Crippen LogP contribution in [0.5, 0.6) is 0 Å². The van der Waals surface area contributed by atoms with Gasteiger partial charge < -0.3 is 9.84 Å². The lowest BCUT2D eigenvalue weighted by molar-refractivity contribution is -0.144. The van der Waals surface area contributed by atoms with Crippen LogP contribution < -0.4 is 0 Å². The van der Waals surface area contributed by atoms with E-state index >= 15 is 0 Å². The van der Waals surface area contributed by atoms with E-state index in [1.165, 1.54) is 0 Å². The fourth-order valence-corrected chi connectivity index (χ4v) is 2.59. The van der Waals surface area contributed by atoms with Crippen LogP contribution in [0.2, 0.25) is 0 Å². The van der Waals surface area contributed by atoms with Crippen LogP contribution in [0.3, 0.4) is 0 Å². The van der Waals surface area contributed by atoms with E-state index in [0.717, 1.165) is 18.6 Å². The van der Waals surface area contributed by atoms with Gasteiger partial charge in [0.15, 0.2) is 0 Å². The molecule has 1 saturated carbocycles. The molecule has 0 aromatic heterocycles. The van der Waals surface area contributed by atoms with Crippen LogP contribution in [0.25, 0.3) is 0 Å². The zero-order valence-corrected chi connectivity index (χ0v) is 7.97. The maximum Gasteiger partial charge on any atom is 0.307 e. The normalized spacial score (nSPS) is 28.1. The summed E-state index contributed by atoms with van der Waals surface area (Å²) in [5.41, 5.74) is 0. The summed E-state index contributed by atoms with van der Waals surface area (Å²) in [7, 11) is 1.66. The molecule has 0 bridgehead atoms. The summed E-state index contributed by atoms with van der Waals surface area (Å²) in [5, 5.41) is 9.05. The summed E-state index contributed by atoms with van der Waals surface area (Å²) in [6, 6.07) is 0. The van der Waals surface area contributed by atoms with E-state index in [-0.39, 0.29) is 5.92 Å².